The van der Waals surface area contributed by atoms with Crippen molar-refractivity contribution in [3.63, 3.8) is 0 Å². The van der Waals surface area contributed by atoms with Crippen molar-refractivity contribution >= 4 is 23.1 Å². The Hall–Kier alpha value is -3.03. The average molecular weight is 288 g/mol. The van der Waals surface area contributed by atoms with E-state index in [2.05, 4.69) is 10.4 Å². The largest absolute Gasteiger partial charge is 0.320 e. The van der Waals surface area contributed by atoms with Crippen molar-refractivity contribution in [1.29, 1.82) is 0 Å². The monoisotopic (exact) mass is 288 g/mol. The number of aromatic nitrogens is 2. The smallest absolute Gasteiger partial charge is 0.320 e. The fraction of sp³-hybridized carbons (Fsp3) is 0.154. The van der Waals surface area contributed by atoms with Crippen LogP contribution in [-0.2, 0) is 7.05 Å². The van der Waals surface area contributed by atoms with Gasteiger partial charge >= 0.3 is 5.69 Å². The van der Waals surface area contributed by atoms with E-state index in [9.17, 15) is 19.7 Å². The first-order chi connectivity index (χ1) is 9.88. The van der Waals surface area contributed by atoms with E-state index in [1.807, 2.05) is 0 Å². The second kappa shape index (κ2) is 5.53. The standard InChI is InChI=1S/C13H12N4O4/c1-8(18)9-3-5-10(6-4-9)14-13(19)12-11(17(20)21)7-16(2)15-12/h3-7H,1-2H3,(H,14,19). The molecule has 8 heteroatoms. The summed E-state index contributed by atoms with van der Waals surface area (Å²) in [4.78, 5) is 33.3. The van der Waals surface area contributed by atoms with E-state index in [0.29, 0.717) is 11.3 Å². The Morgan fingerprint density at radius 2 is 1.90 bits per heavy atom. The van der Waals surface area contributed by atoms with Gasteiger partial charge in [0.25, 0.3) is 5.91 Å². The summed E-state index contributed by atoms with van der Waals surface area (Å²) >= 11 is 0. The molecule has 1 heterocycles. The Balaban J connectivity index is 2.22. The number of hydrogen-bond acceptors (Lipinski definition) is 5. The van der Waals surface area contributed by atoms with Gasteiger partial charge in [-0.15, -0.1) is 0 Å². The quantitative estimate of drug-likeness (QED) is 0.524. The second-order valence-corrected chi connectivity index (χ2v) is 4.38. The van der Waals surface area contributed by atoms with Crippen LogP contribution in [0, 0.1) is 10.1 Å². The summed E-state index contributed by atoms with van der Waals surface area (Å²) in [5.74, 6) is -0.772. The minimum absolute atomic E-state index is 0.0896. The number of carbonyl (C=O) groups is 2. The molecular weight excluding hydrogens is 276 g/mol. The first-order valence-corrected chi connectivity index (χ1v) is 5.99. The first kappa shape index (κ1) is 14.4. The molecule has 2 aromatic rings. The highest BCUT2D eigenvalue weighted by molar-refractivity contribution is 6.05. The summed E-state index contributed by atoms with van der Waals surface area (Å²) in [6.45, 7) is 1.44. The molecule has 108 valence electrons. The van der Waals surface area contributed by atoms with Gasteiger partial charge in [-0.05, 0) is 31.2 Å². The number of Topliss-reactive ketones (excluding diaryl/α,β-unsaturated/α-hetero) is 1. The number of amides is 1. The number of anilines is 1. The fourth-order valence-corrected chi connectivity index (χ4v) is 1.75. The first-order valence-electron chi connectivity index (χ1n) is 5.99. The molecule has 1 aromatic heterocycles. The number of ketones is 1. The van der Waals surface area contributed by atoms with Gasteiger partial charge in [-0.2, -0.15) is 5.10 Å². The molecule has 0 saturated carbocycles. The van der Waals surface area contributed by atoms with Crippen LogP contribution in [0.4, 0.5) is 11.4 Å². The van der Waals surface area contributed by atoms with Gasteiger partial charge in [0.05, 0.1) is 4.92 Å². The fourth-order valence-electron chi connectivity index (χ4n) is 1.75. The lowest BCUT2D eigenvalue weighted by atomic mass is 10.1. The maximum absolute atomic E-state index is 12.0. The van der Waals surface area contributed by atoms with Crippen LogP contribution in [0.5, 0.6) is 0 Å². The molecule has 0 spiro atoms. The number of rotatable bonds is 4. The Kier molecular flexibility index (Phi) is 3.79. The second-order valence-electron chi connectivity index (χ2n) is 4.38. The number of aryl methyl sites for hydroxylation is 1. The van der Waals surface area contributed by atoms with Crippen LogP contribution >= 0.6 is 0 Å². The van der Waals surface area contributed by atoms with E-state index in [1.165, 1.54) is 18.7 Å². The van der Waals surface area contributed by atoms with Gasteiger partial charge in [-0.1, -0.05) is 0 Å². The predicted octanol–water partition coefficient (Wildman–Crippen LogP) is 1.78. The molecule has 0 unspecified atom stereocenters. The van der Waals surface area contributed by atoms with Crippen molar-refractivity contribution in [3.8, 4) is 0 Å². The van der Waals surface area contributed by atoms with E-state index in [0.717, 1.165) is 6.20 Å². The highest BCUT2D eigenvalue weighted by Gasteiger charge is 2.24. The molecule has 0 fully saturated rings. The molecule has 0 aliphatic carbocycles. The third-order valence-corrected chi connectivity index (χ3v) is 2.77. The van der Waals surface area contributed by atoms with Crippen LogP contribution in [0.3, 0.4) is 0 Å². The molecule has 1 N–H and O–H groups in total. The molecule has 0 atom stereocenters. The summed E-state index contributed by atoms with van der Waals surface area (Å²) < 4.78 is 1.20. The molecule has 0 radical (unpaired) electrons. The van der Waals surface area contributed by atoms with Gasteiger partial charge in [0.2, 0.25) is 5.69 Å². The van der Waals surface area contributed by atoms with Crippen molar-refractivity contribution < 1.29 is 14.5 Å². The normalized spacial score (nSPS) is 10.2. The van der Waals surface area contributed by atoms with E-state index >= 15 is 0 Å². The number of nitrogens with one attached hydrogen (secondary N) is 1. The lowest BCUT2D eigenvalue weighted by molar-refractivity contribution is -0.385. The summed E-state index contributed by atoms with van der Waals surface area (Å²) in [5, 5.41) is 17.1. The van der Waals surface area contributed by atoms with Crippen LogP contribution in [0.2, 0.25) is 0 Å². The van der Waals surface area contributed by atoms with Gasteiger partial charge in [0.1, 0.15) is 6.20 Å². The van der Waals surface area contributed by atoms with Gasteiger partial charge in [-0.3, -0.25) is 24.4 Å². The molecule has 0 aliphatic heterocycles. The van der Waals surface area contributed by atoms with Crippen LogP contribution < -0.4 is 5.32 Å². The Morgan fingerprint density at radius 3 is 2.43 bits per heavy atom. The van der Waals surface area contributed by atoms with E-state index in [-0.39, 0.29) is 17.2 Å². The lowest BCUT2D eigenvalue weighted by Gasteiger charge is -2.03. The van der Waals surface area contributed by atoms with Crippen LogP contribution in [-0.4, -0.2) is 26.4 Å². The molecule has 0 bridgehead atoms. The highest BCUT2D eigenvalue weighted by atomic mass is 16.6. The minimum atomic E-state index is -0.683. The summed E-state index contributed by atoms with van der Waals surface area (Å²) in [7, 11) is 1.49. The van der Waals surface area contributed by atoms with Crippen molar-refractivity contribution in [2.45, 2.75) is 6.92 Å². The van der Waals surface area contributed by atoms with Gasteiger partial charge in [0, 0.05) is 18.3 Å². The number of nitrogens with zero attached hydrogens (tertiary/aromatic N) is 3. The van der Waals surface area contributed by atoms with Gasteiger partial charge in [0.15, 0.2) is 5.78 Å². The topological polar surface area (TPSA) is 107 Å². The van der Waals surface area contributed by atoms with Crippen LogP contribution in [0.15, 0.2) is 30.5 Å². The van der Waals surface area contributed by atoms with Crippen LogP contribution in [0.25, 0.3) is 0 Å². The predicted molar refractivity (Wildman–Crippen MR) is 74.3 cm³/mol. The molecule has 0 saturated heterocycles. The Labute approximate surface area is 119 Å². The molecule has 1 amide bonds. The average Bonchev–Trinajstić information content (AvgIpc) is 2.82. The zero-order valence-corrected chi connectivity index (χ0v) is 11.4. The molecule has 0 aliphatic rings. The van der Waals surface area contributed by atoms with Crippen molar-refractivity contribution in [1.82, 2.24) is 9.78 Å². The highest BCUT2D eigenvalue weighted by Crippen LogP contribution is 2.18. The molecule has 21 heavy (non-hydrogen) atoms. The Bertz CT molecular complexity index is 718. The maximum Gasteiger partial charge on any atom is 0.320 e. The number of hydrogen-bond donors (Lipinski definition) is 1. The third kappa shape index (κ3) is 3.11. The lowest BCUT2D eigenvalue weighted by Crippen LogP contribution is -2.14. The molecular formula is C13H12N4O4. The maximum atomic E-state index is 12.0. The van der Waals surface area contributed by atoms with Crippen molar-refractivity contribution in [2.24, 2.45) is 7.05 Å². The zero-order chi connectivity index (χ0) is 15.6. The van der Waals surface area contributed by atoms with Gasteiger partial charge in [-0.25, -0.2) is 0 Å². The summed E-state index contributed by atoms with van der Waals surface area (Å²) in [6.07, 6.45) is 1.16. The molecule has 2 rings (SSSR count). The molecule has 8 nitrogen and oxygen atoms in total. The summed E-state index contributed by atoms with van der Waals surface area (Å²) in [6, 6.07) is 6.21. The van der Waals surface area contributed by atoms with E-state index < -0.39 is 10.8 Å². The Morgan fingerprint density at radius 1 is 1.29 bits per heavy atom. The van der Waals surface area contributed by atoms with E-state index in [4.69, 9.17) is 0 Å². The minimum Gasteiger partial charge on any atom is -0.320 e. The molecule has 1 aromatic carbocycles. The number of carbonyl (C=O) groups excluding carboxylic acids is 2. The SMILES string of the molecule is CC(=O)c1ccc(NC(=O)c2nn(C)cc2[N+](=O)[O-])cc1. The van der Waals surface area contributed by atoms with E-state index in [1.54, 1.807) is 24.3 Å². The zero-order valence-electron chi connectivity index (χ0n) is 11.4. The number of nitro groups is 1. The van der Waals surface area contributed by atoms with Crippen molar-refractivity contribution in [2.75, 3.05) is 5.32 Å². The summed E-state index contributed by atoms with van der Waals surface area (Å²) in [5.41, 5.74) is 0.301. The van der Waals surface area contributed by atoms with Crippen molar-refractivity contribution in [3.05, 3.63) is 51.8 Å². The number of benzene rings is 1. The van der Waals surface area contributed by atoms with Crippen LogP contribution in [0.1, 0.15) is 27.8 Å². The third-order valence-electron chi connectivity index (χ3n) is 2.77. The van der Waals surface area contributed by atoms with Gasteiger partial charge < -0.3 is 5.32 Å².